The molecule has 0 aromatic heterocycles. The van der Waals surface area contributed by atoms with E-state index < -0.39 is 0 Å². The molecule has 20 heavy (non-hydrogen) atoms. The molecule has 3 atom stereocenters. The van der Waals surface area contributed by atoms with Gasteiger partial charge < -0.3 is 4.90 Å². The van der Waals surface area contributed by atoms with Crippen LogP contribution >= 0.6 is 0 Å². The Hall–Kier alpha value is -0.610. The van der Waals surface area contributed by atoms with Crippen LogP contribution in [0.4, 0.5) is 0 Å². The third-order valence-corrected chi connectivity index (χ3v) is 4.80. The van der Waals surface area contributed by atoms with Gasteiger partial charge >= 0.3 is 0 Å². The van der Waals surface area contributed by atoms with Crippen LogP contribution in [0, 0.1) is 0 Å². The first-order valence-electron chi connectivity index (χ1n) is 8.48. The lowest BCUT2D eigenvalue weighted by Crippen LogP contribution is -2.48. The number of rotatable bonds is 6. The summed E-state index contributed by atoms with van der Waals surface area (Å²) < 4.78 is 0. The molecular weight excluding hydrogens is 250 g/mol. The number of piperidine rings is 1. The summed E-state index contributed by atoms with van der Waals surface area (Å²) in [6.07, 6.45) is 7.33. The summed E-state index contributed by atoms with van der Waals surface area (Å²) in [6.45, 7) is 9.85. The predicted molar refractivity (Wildman–Crippen MR) is 82.5 cm³/mol. The van der Waals surface area contributed by atoms with E-state index in [0.29, 0.717) is 11.9 Å². The molecule has 2 saturated heterocycles. The number of nitrogens with one attached hydrogen (secondary N) is 1. The van der Waals surface area contributed by atoms with Crippen LogP contribution < -0.4 is 5.32 Å². The van der Waals surface area contributed by atoms with Crippen molar-refractivity contribution in [2.24, 2.45) is 0 Å². The van der Waals surface area contributed by atoms with Gasteiger partial charge in [0.15, 0.2) is 0 Å². The molecule has 2 heterocycles. The SMILES string of the molecule is CCCC1NC(CC)C(=O)N1CC(C)N1CCCCC1. The number of hydrogen-bond acceptors (Lipinski definition) is 3. The maximum absolute atomic E-state index is 12.5. The van der Waals surface area contributed by atoms with Gasteiger partial charge in [0.1, 0.15) is 0 Å². The fraction of sp³-hybridized carbons (Fsp3) is 0.938. The van der Waals surface area contributed by atoms with E-state index in [9.17, 15) is 4.79 Å². The van der Waals surface area contributed by atoms with E-state index in [1.54, 1.807) is 0 Å². The zero-order chi connectivity index (χ0) is 14.5. The van der Waals surface area contributed by atoms with Crippen LogP contribution in [0.1, 0.15) is 59.3 Å². The fourth-order valence-electron chi connectivity index (χ4n) is 3.53. The molecule has 0 aromatic carbocycles. The van der Waals surface area contributed by atoms with Gasteiger partial charge in [0.05, 0.1) is 12.2 Å². The molecule has 2 aliphatic rings. The molecule has 2 aliphatic heterocycles. The number of likely N-dealkylation sites (tertiary alicyclic amines) is 1. The summed E-state index contributed by atoms with van der Waals surface area (Å²) in [5, 5.41) is 3.51. The minimum Gasteiger partial charge on any atom is -0.324 e. The number of amides is 1. The van der Waals surface area contributed by atoms with Gasteiger partial charge in [-0.1, -0.05) is 26.7 Å². The molecule has 4 heteroatoms. The minimum absolute atomic E-state index is 0.0418. The first-order valence-corrected chi connectivity index (χ1v) is 8.48. The molecule has 4 nitrogen and oxygen atoms in total. The second-order valence-electron chi connectivity index (χ2n) is 6.37. The Kier molecular flexibility index (Phi) is 5.85. The van der Waals surface area contributed by atoms with Gasteiger partial charge in [0, 0.05) is 12.6 Å². The van der Waals surface area contributed by atoms with E-state index in [4.69, 9.17) is 0 Å². The number of nitrogens with zero attached hydrogens (tertiary/aromatic N) is 2. The molecule has 3 unspecified atom stereocenters. The third kappa shape index (κ3) is 3.53. The van der Waals surface area contributed by atoms with E-state index in [1.165, 1.54) is 32.4 Å². The van der Waals surface area contributed by atoms with Gasteiger partial charge in [-0.2, -0.15) is 0 Å². The molecular formula is C16H31N3O. The van der Waals surface area contributed by atoms with Crippen molar-refractivity contribution in [2.75, 3.05) is 19.6 Å². The lowest BCUT2D eigenvalue weighted by molar-refractivity contribution is -0.131. The average Bonchev–Trinajstić information content (AvgIpc) is 2.77. The molecule has 0 aromatic rings. The Morgan fingerprint density at radius 2 is 1.95 bits per heavy atom. The van der Waals surface area contributed by atoms with Crippen LogP contribution in [0.2, 0.25) is 0 Å². The standard InChI is InChI=1S/C16H31N3O/c1-4-9-15-17-14(5-2)16(20)19(15)12-13(3)18-10-7-6-8-11-18/h13-15,17H,4-12H2,1-3H3. The van der Waals surface area contributed by atoms with Gasteiger partial charge in [-0.25, -0.2) is 0 Å². The maximum atomic E-state index is 12.5. The van der Waals surface area contributed by atoms with Crippen molar-refractivity contribution in [1.82, 2.24) is 15.1 Å². The second-order valence-corrected chi connectivity index (χ2v) is 6.37. The van der Waals surface area contributed by atoms with E-state index in [0.717, 1.165) is 25.8 Å². The van der Waals surface area contributed by atoms with Gasteiger partial charge in [-0.05, 0) is 45.7 Å². The lowest BCUT2D eigenvalue weighted by atomic mass is 10.1. The van der Waals surface area contributed by atoms with E-state index in [-0.39, 0.29) is 12.2 Å². The molecule has 116 valence electrons. The molecule has 2 rings (SSSR count). The second kappa shape index (κ2) is 7.41. The van der Waals surface area contributed by atoms with E-state index >= 15 is 0 Å². The summed E-state index contributed by atoms with van der Waals surface area (Å²) >= 11 is 0. The monoisotopic (exact) mass is 281 g/mol. The first-order chi connectivity index (χ1) is 9.67. The summed E-state index contributed by atoms with van der Waals surface area (Å²) in [6, 6.07) is 0.524. The third-order valence-electron chi connectivity index (χ3n) is 4.80. The Bertz CT molecular complexity index is 315. The van der Waals surface area contributed by atoms with Crippen LogP contribution in [0.5, 0.6) is 0 Å². The topological polar surface area (TPSA) is 35.6 Å². The fourth-order valence-corrected chi connectivity index (χ4v) is 3.53. The first kappa shape index (κ1) is 15.8. The zero-order valence-corrected chi connectivity index (χ0v) is 13.4. The van der Waals surface area contributed by atoms with Crippen molar-refractivity contribution in [3.8, 4) is 0 Å². The molecule has 0 aliphatic carbocycles. The Morgan fingerprint density at radius 1 is 1.25 bits per heavy atom. The van der Waals surface area contributed by atoms with E-state index in [2.05, 4.69) is 35.9 Å². The van der Waals surface area contributed by atoms with Crippen molar-refractivity contribution >= 4 is 5.91 Å². The predicted octanol–water partition coefficient (Wildman–Crippen LogP) is 2.20. The molecule has 2 fully saturated rings. The maximum Gasteiger partial charge on any atom is 0.241 e. The highest BCUT2D eigenvalue weighted by Gasteiger charge is 2.38. The highest BCUT2D eigenvalue weighted by molar-refractivity contribution is 5.84. The van der Waals surface area contributed by atoms with Crippen LogP contribution in [0.15, 0.2) is 0 Å². The van der Waals surface area contributed by atoms with Crippen LogP contribution in [-0.4, -0.2) is 53.6 Å². The van der Waals surface area contributed by atoms with Gasteiger partial charge in [-0.15, -0.1) is 0 Å². The van der Waals surface area contributed by atoms with Crippen molar-refractivity contribution in [3.63, 3.8) is 0 Å². The molecule has 0 spiro atoms. The molecule has 0 saturated carbocycles. The largest absolute Gasteiger partial charge is 0.324 e. The van der Waals surface area contributed by atoms with Crippen molar-refractivity contribution in [3.05, 3.63) is 0 Å². The Balaban J connectivity index is 1.95. The van der Waals surface area contributed by atoms with Crippen LogP contribution in [0.25, 0.3) is 0 Å². The summed E-state index contributed by atoms with van der Waals surface area (Å²) in [5.74, 6) is 0.315. The van der Waals surface area contributed by atoms with Gasteiger partial charge in [-0.3, -0.25) is 15.0 Å². The van der Waals surface area contributed by atoms with Crippen molar-refractivity contribution in [2.45, 2.75) is 77.5 Å². The quantitative estimate of drug-likeness (QED) is 0.811. The van der Waals surface area contributed by atoms with Crippen LogP contribution in [0.3, 0.4) is 0 Å². The minimum atomic E-state index is 0.0418. The normalized spacial score (nSPS) is 29.9. The summed E-state index contributed by atoms with van der Waals surface area (Å²) in [4.78, 5) is 17.1. The smallest absolute Gasteiger partial charge is 0.241 e. The van der Waals surface area contributed by atoms with Gasteiger partial charge in [0.25, 0.3) is 0 Å². The Morgan fingerprint density at radius 3 is 2.55 bits per heavy atom. The Labute approximate surface area is 123 Å². The van der Waals surface area contributed by atoms with Crippen molar-refractivity contribution < 1.29 is 4.79 Å². The highest BCUT2D eigenvalue weighted by Crippen LogP contribution is 2.20. The average molecular weight is 281 g/mol. The molecule has 0 radical (unpaired) electrons. The van der Waals surface area contributed by atoms with Crippen LogP contribution in [-0.2, 0) is 4.79 Å². The molecule has 0 bridgehead atoms. The highest BCUT2D eigenvalue weighted by atomic mass is 16.2. The molecule has 1 amide bonds. The van der Waals surface area contributed by atoms with Crippen molar-refractivity contribution in [1.29, 1.82) is 0 Å². The van der Waals surface area contributed by atoms with Gasteiger partial charge in [0.2, 0.25) is 5.91 Å². The summed E-state index contributed by atoms with van der Waals surface area (Å²) in [7, 11) is 0. The lowest BCUT2D eigenvalue weighted by Gasteiger charge is -2.36. The van der Waals surface area contributed by atoms with E-state index in [1.807, 2.05) is 0 Å². The number of carbonyl (C=O) groups excluding carboxylic acids is 1. The zero-order valence-electron chi connectivity index (χ0n) is 13.4. The molecule has 1 N–H and O–H groups in total. The number of carbonyl (C=O) groups is 1. The summed E-state index contributed by atoms with van der Waals surface area (Å²) in [5.41, 5.74) is 0. The number of hydrogen-bond donors (Lipinski definition) is 1.